The molecule has 0 saturated carbocycles. The molecule has 0 aliphatic heterocycles. The lowest BCUT2D eigenvalue weighted by molar-refractivity contribution is 0.154. The van der Waals surface area contributed by atoms with Crippen molar-refractivity contribution in [2.24, 2.45) is 0 Å². The van der Waals surface area contributed by atoms with E-state index in [9.17, 15) is 0 Å². The van der Waals surface area contributed by atoms with Crippen molar-refractivity contribution in [1.82, 2.24) is 9.97 Å². The van der Waals surface area contributed by atoms with E-state index < -0.39 is 0 Å². The third kappa shape index (κ3) is 3.81. The fourth-order valence-corrected chi connectivity index (χ4v) is 1.12. The highest BCUT2D eigenvalue weighted by atomic mass is 16.5. The smallest absolute Gasteiger partial charge is 0.147 e. The molecule has 0 bridgehead atoms. The number of ether oxygens (including phenoxy) is 1. The van der Waals surface area contributed by atoms with Crippen LogP contribution in [-0.4, -0.2) is 41.9 Å². The number of aliphatic hydroxyl groups is 1. The number of likely N-dealkylation sites (N-methyl/N-ethyl adjacent to an activating group) is 1. The monoisotopic (exact) mass is 211 g/mol. The molecule has 1 rings (SSSR count). The SMILES string of the molecule is CCOCCN(C)c1cncc(CO)n1. The van der Waals surface area contributed by atoms with E-state index in [1.165, 1.54) is 0 Å². The zero-order valence-electron chi connectivity index (χ0n) is 9.18. The van der Waals surface area contributed by atoms with Crippen molar-refractivity contribution in [2.45, 2.75) is 13.5 Å². The van der Waals surface area contributed by atoms with Gasteiger partial charge in [0.25, 0.3) is 0 Å². The number of anilines is 1. The number of aromatic nitrogens is 2. The molecule has 0 aliphatic carbocycles. The van der Waals surface area contributed by atoms with Gasteiger partial charge in [-0.2, -0.15) is 0 Å². The van der Waals surface area contributed by atoms with Gasteiger partial charge >= 0.3 is 0 Å². The summed E-state index contributed by atoms with van der Waals surface area (Å²) in [6.07, 6.45) is 3.23. The van der Waals surface area contributed by atoms with Crippen LogP contribution < -0.4 is 4.90 Å². The van der Waals surface area contributed by atoms with E-state index in [0.717, 1.165) is 19.0 Å². The number of nitrogens with zero attached hydrogens (tertiary/aromatic N) is 3. The summed E-state index contributed by atoms with van der Waals surface area (Å²) >= 11 is 0. The molecule has 1 aromatic rings. The molecule has 0 saturated heterocycles. The number of hydrogen-bond donors (Lipinski definition) is 1. The van der Waals surface area contributed by atoms with Gasteiger partial charge in [0.2, 0.25) is 0 Å². The van der Waals surface area contributed by atoms with Gasteiger partial charge < -0.3 is 14.7 Å². The molecule has 0 atom stereocenters. The minimum Gasteiger partial charge on any atom is -0.390 e. The lowest BCUT2D eigenvalue weighted by Crippen LogP contribution is -2.24. The Balaban J connectivity index is 2.52. The summed E-state index contributed by atoms with van der Waals surface area (Å²) in [4.78, 5) is 10.2. The van der Waals surface area contributed by atoms with Gasteiger partial charge in [0.05, 0.1) is 31.3 Å². The second-order valence-electron chi connectivity index (χ2n) is 3.15. The molecule has 5 heteroatoms. The van der Waals surface area contributed by atoms with Crippen molar-refractivity contribution >= 4 is 5.82 Å². The average molecular weight is 211 g/mol. The quantitative estimate of drug-likeness (QED) is 0.692. The Hall–Kier alpha value is -1.20. The summed E-state index contributed by atoms with van der Waals surface area (Å²) in [6, 6.07) is 0. The summed E-state index contributed by atoms with van der Waals surface area (Å²) in [5.41, 5.74) is 0.579. The van der Waals surface area contributed by atoms with Crippen molar-refractivity contribution in [3.63, 3.8) is 0 Å². The Bertz CT molecular complexity index is 294. The first-order valence-corrected chi connectivity index (χ1v) is 4.98. The van der Waals surface area contributed by atoms with Crippen LogP contribution in [0.3, 0.4) is 0 Å². The molecule has 0 aromatic carbocycles. The molecule has 84 valence electrons. The predicted octanol–water partition coefficient (Wildman–Crippen LogP) is 0.442. The van der Waals surface area contributed by atoms with Crippen LogP contribution in [0, 0.1) is 0 Å². The standard InChI is InChI=1S/C10H17N3O2/c1-3-15-5-4-13(2)10-7-11-6-9(8-14)12-10/h6-7,14H,3-5,8H2,1-2H3. The normalized spacial score (nSPS) is 10.3. The summed E-state index contributed by atoms with van der Waals surface area (Å²) in [6.45, 7) is 4.03. The molecular formula is C10H17N3O2. The van der Waals surface area contributed by atoms with E-state index in [1.54, 1.807) is 12.4 Å². The zero-order chi connectivity index (χ0) is 11.1. The molecule has 0 fully saturated rings. The van der Waals surface area contributed by atoms with Gasteiger partial charge in [0.15, 0.2) is 0 Å². The van der Waals surface area contributed by atoms with Crippen LogP contribution in [0.4, 0.5) is 5.82 Å². The summed E-state index contributed by atoms with van der Waals surface area (Å²) in [5, 5.41) is 8.91. The van der Waals surface area contributed by atoms with Crippen molar-refractivity contribution < 1.29 is 9.84 Å². The fraction of sp³-hybridized carbons (Fsp3) is 0.600. The number of rotatable bonds is 6. The van der Waals surface area contributed by atoms with Gasteiger partial charge in [-0.25, -0.2) is 4.98 Å². The summed E-state index contributed by atoms with van der Waals surface area (Å²) in [7, 11) is 1.92. The van der Waals surface area contributed by atoms with Crippen LogP contribution in [0.25, 0.3) is 0 Å². The fourth-order valence-electron chi connectivity index (χ4n) is 1.12. The van der Waals surface area contributed by atoms with E-state index >= 15 is 0 Å². The van der Waals surface area contributed by atoms with Crippen LogP contribution in [0.1, 0.15) is 12.6 Å². The first-order chi connectivity index (χ1) is 7.27. The maximum Gasteiger partial charge on any atom is 0.147 e. The molecule has 0 spiro atoms. The second-order valence-corrected chi connectivity index (χ2v) is 3.15. The first kappa shape index (κ1) is 11.9. The predicted molar refractivity (Wildman–Crippen MR) is 57.7 cm³/mol. The van der Waals surface area contributed by atoms with Gasteiger partial charge in [-0.3, -0.25) is 4.98 Å². The Morgan fingerprint density at radius 2 is 2.27 bits per heavy atom. The van der Waals surface area contributed by atoms with Gasteiger partial charge in [0, 0.05) is 20.2 Å². The summed E-state index contributed by atoms with van der Waals surface area (Å²) < 4.78 is 5.24. The highest BCUT2D eigenvalue weighted by Gasteiger charge is 2.03. The highest BCUT2D eigenvalue weighted by Crippen LogP contribution is 2.06. The van der Waals surface area contributed by atoms with Gasteiger partial charge in [-0.1, -0.05) is 0 Å². The van der Waals surface area contributed by atoms with Crippen molar-refractivity contribution in [2.75, 3.05) is 31.7 Å². The van der Waals surface area contributed by atoms with Gasteiger partial charge in [-0.15, -0.1) is 0 Å². The largest absolute Gasteiger partial charge is 0.390 e. The molecule has 1 N–H and O–H groups in total. The van der Waals surface area contributed by atoms with E-state index in [1.807, 2.05) is 18.9 Å². The van der Waals surface area contributed by atoms with E-state index in [2.05, 4.69) is 9.97 Å². The van der Waals surface area contributed by atoms with Crippen LogP contribution in [-0.2, 0) is 11.3 Å². The Kier molecular flexibility index (Phi) is 5.00. The Morgan fingerprint density at radius 1 is 1.47 bits per heavy atom. The summed E-state index contributed by atoms with van der Waals surface area (Å²) in [5.74, 6) is 0.751. The topological polar surface area (TPSA) is 58.5 Å². The second kappa shape index (κ2) is 6.31. The lowest BCUT2D eigenvalue weighted by Gasteiger charge is -2.17. The molecule has 1 aromatic heterocycles. The minimum atomic E-state index is -0.0832. The molecular weight excluding hydrogens is 194 g/mol. The molecule has 0 amide bonds. The first-order valence-electron chi connectivity index (χ1n) is 4.98. The molecule has 0 radical (unpaired) electrons. The van der Waals surface area contributed by atoms with Crippen molar-refractivity contribution in [1.29, 1.82) is 0 Å². The average Bonchev–Trinajstić information content (AvgIpc) is 2.29. The Labute approximate surface area is 89.7 Å². The Morgan fingerprint density at radius 3 is 2.93 bits per heavy atom. The third-order valence-electron chi connectivity index (χ3n) is 2.00. The van der Waals surface area contributed by atoms with Crippen molar-refractivity contribution in [3.8, 4) is 0 Å². The van der Waals surface area contributed by atoms with Crippen molar-refractivity contribution in [3.05, 3.63) is 18.1 Å². The van der Waals surface area contributed by atoms with E-state index in [-0.39, 0.29) is 6.61 Å². The molecule has 0 unspecified atom stereocenters. The molecule has 15 heavy (non-hydrogen) atoms. The van der Waals surface area contributed by atoms with Crippen LogP contribution >= 0.6 is 0 Å². The van der Waals surface area contributed by atoms with Crippen LogP contribution in [0.15, 0.2) is 12.4 Å². The van der Waals surface area contributed by atoms with Crippen LogP contribution in [0.5, 0.6) is 0 Å². The third-order valence-corrected chi connectivity index (χ3v) is 2.00. The van der Waals surface area contributed by atoms with E-state index in [0.29, 0.717) is 12.3 Å². The molecule has 1 heterocycles. The number of hydrogen-bond acceptors (Lipinski definition) is 5. The lowest BCUT2D eigenvalue weighted by atomic mass is 10.4. The highest BCUT2D eigenvalue weighted by molar-refractivity contribution is 5.34. The maximum absolute atomic E-state index is 8.91. The van der Waals surface area contributed by atoms with E-state index in [4.69, 9.17) is 9.84 Å². The van der Waals surface area contributed by atoms with Crippen LogP contribution in [0.2, 0.25) is 0 Å². The maximum atomic E-state index is 8.91. The number of aliphatic hydroxyl groups excluding tert-OH is 1. The molecule has 0 aliphatic rings. The minimum absolute atomic E-state index is 0.0832. The molecule has 5 nitrogen and oxygen atoms in total. The van der Waals surface area contributed by atoms with Gasteiger partial charge in [0.1, 0.15) is 5.82 Å². The zero-order valence-corrected chi connectivity index (χ0v) is 9.18. The van der Waals surface area contributed by atoms with Gasteiger partial charge in [-0.05, 0) is 6.92 Å².